The van der Waals surface area contributed by atoms with E-state index >= 15 is 0 Å². The van der Waals surface area contributed by atoms with Crippen LogP contribution in [0, 0.1) is 0 Å². The van der Waals surface area contributed by atoms with E-state index in [0.717, 1.165) is 0 Å². The van der Waals surface area contributed by atoms with Crippen LogP contribution >= 0.6 is 23.2 Å². The number of amides is 2. The maximum absolute atomic E-state index is 12.7. The van der Waals surface area contributed by atoms with Gasteiger partial charge < -0.3 is 15.4 Å². The van der Waals surface area contributed by atoms with Crippen molar-refractivity contribution in [3.05, 3.63) is 75.3 Å². The van der Waals surface area contributed by atoms with E-state index < -0.39 is 18.0 Å². The third kappa shape index (κ3) is 3.69. The molecule has 7 heteroatoms. The zero-order valence-electron chi connectivity index (χ0n) is 13.9. The molecule has 2 aromatic rings. The van der Waals surface area contributed by atoms with Crippen LogP contribution in [0.15, 0.2) is 54.1 Å². The van der Waals surface area contributed by atoms with Crippen molar-refractivity contribution in [1.82, 2.24) is 10.6 Å². The molecule has 2 N–H and O–H groups in total. The van der Waals surface area contributed by atoms with Gasteiger partial charge in [-0.15, -0.1) is 0 Å². The van der Waals surface area contributed by atoms with Crippen molar-refractivity contribution in [3.8, 4) is 0 Å². The molecule has 5 nitrogen and oxygen atoms in total. The molecule has 1 atom stereocenters. The summed E-state index contributed by atoms with van der Waals surface area (Å²) in [5, 5.41) is 6.20. The van der Waals surface area contributed by atoms with Gasteiger partial charge in [-0.05, 0) is 30.2 Å². The lowest BCUT2D eigenvalue weighted by molar-refractivity contribution is -0.138. The second-order valence-corrected chi connectivity index (χ2v) is 6.39. The summed E-state index contributed by atoms with van der Waals surface area (Å²) >= 11 is 12.1. The minimum absolute atomic E-state index is 0.215. The summed E-state index contributed by atoms with van der Waals surface area (Å²) in [4.78, 5) is 24.9. The van der Waals surface area contributed by atoms with E-state index in [0.29, 0.717) is 32.4 Å². The highest BCUT2D eigenvalue weighted by Crippen LogP contribution is 2.34. The van der Waals surface area contributed by atoms with Crippen LogP contribution < -0.4 is 10.6 Å². The minimum Gasteiger partial charge on any atom is -0.463 e. The average molecular weight is 391 g/mol. The Morgan fingerprint density at radius 1 is 1.12 bits per heavy atom. The van der Waals surface area contributed by atoms with Gasteiger partial charge in [-0.3, -0.25) is 0 Å². The highest BCUT2D eigenvalue weighted by Gasteiger charge is 2.34. The predicted molar refractivity (Wildman–Crippen MR) is 101 cm³/mol. The molecule has 0 aromatic heterocycles. The Hall–Kier alpha value is -2.50. The third-order valence-corrected chi connectivity index (χ3v) is 4.65. The largest absolute Gasteiger partial charge is 0.463 e. The molecule has 0 saturated heterocycles. The van der Waals surface area contributed by atoms with Crippen LogP contribution in [-0.2, 0) is 9.53 Å². The summed E-state index contributed by atoms with van der Waals surface area (Å²) in [7, 11) is 0. The SMILES string of the molecule is CCOC(=O)C1=C(c2ccccc2)NC(=O)NC1c1ccc(Cl)c(Cl)c1. The zero-order chi connectivity index (χ0) is 18.7. The summed E-state index contributed by atoms with van der Waals surface area (Å²) in [5.41, 5.74) is 2.04. The Bertz CT molecular complexity index is 882. The number of nitrogens with one attached hydrogen (secondary N) is 2. The number of carbonyl (C=O) groups is 2. The first-order chi connectivity index (χ1) is 12.5. The Morgan fingerprint density at radius 2 is 1.85 bits per heavy atom. The van der Waals surface area contributed by atoms with Crippen LogP contribution in [0.2, 0.25) is 10.0 Å². The molecule has 3 rings (SSSR count). The summed E-state index contributed by atoms with van der Waals surface area (Å²) in [5.74, 6) is -0.519. The minimum atomic E-state index is -0.715. The Labute approximate surface area is 160 Å². The lowest BCUT2D eigenvalue weighted by Gasteiger charge is -2.29. The van der Waals surface area contributed by atoms with Gasteiger partial charge in [0.2, 0.25) is 0 Å². The summed E-state index contributed by atoms with van der Waals surface area (Å²) < 4.78 is 5.23. The fourth-order valence-electron chi connectivity index (χ4n) is 2.77. The highest BCUT2D eigenvalue weighted by molar-refractivity contribution is 6.42. The molecule has 2 amide bonds. The van der Waals surface area contributed by atoms with Crippen molar-refractivity contribution in [2.75, 3.05) is 6.61 Å². The molecule has 26 heavy (non-hydrogen) atoms. The van der Waals surface area contributed by atoms with E-state index in [1.165, 1.54) is 0 Å². The zero-order valence-corrected chi connectivity index (χ0v) is 15.4. The molecule has 0 aliphatic carbocycles. The molecular formula is C19H16Cl2N2O3. The fraction of sp³-hybridized carbons (Fsp3) is 0.158. The van der Waals surface area contributed by atoms with Gasteiger partial charge in [0.05, 0.1) is 34.0 Å². The molecule has 1 aliphatic rings. The second-order valence-electron chi connectivity index (χ2n) is 5.58. The molecule has 2 aromatic carbocycles. The molecule has 0 bridgehead atoms. The summed E-state index contributed by atoms with van der Waals surface area (Å²) in [6, 6.07) is 13.0. The molecule has 0 spiro atoms. The molecule has 1 unspecified atom stereocenters. The number of rotatable bonds is 4. The standard InChI is InChI=1S/C19H16Cl2N2O3/c1-2-26-18(24)15-16(11-6-4-3-5-7-11)22-19(25)23-17(15)12-8-9-13(20)14(21)10-12/h3-10,17H,2H2,1H3,(H2,22,23,25). The van der Waals surface area contributed by atoms with Crippen molar-refractivity contribution >= 4 is 40.9 Å². The lowest BCUT2D eigenvalue weighted by Crippen LogP contribution is -2.45. The third-order valence-electron chi connectivity index (χ3n) is 3.91. The van der Waals surface area contributed by atoms with Crippen LogP contribution in [0.25, 0.3) is 5.70 Å². The van der Waals surface area contributed by atoms with Gasteiger partial charge in [0.25, 0.3) is 0 Å². The molecule has 0 saturated carbocycles. The van der Waals surface area contributed by atoms with E-state index in [1.807, 2.05) is 30.3 Å². The molecule has 1 aliphatic heterocycles. The van der Waals surface area contributed by atoms with Gasteiger partial charge in [0.1, 0.15) is 0 Å². The van der Waals surface area contributed by atoms with Crippen molar-refractivity contribution in [3.63, 3.8) is 0 Å². The average Bonchev–Trinajstić information content (AvgIpc) is 2.64. The van der Waals surface area contributed by atoms with Crippen molar-refractivity contribution in [2.45, 2.75) is 13.0 Å². The van der Waals surface area contributed by atoms with Crippen LogP contribution in [0.1, 0.15) is 24.1 Å². The number of esters is 1. The van der Waals surface area contributed by atoms with Crippen LogP contribution in [0.4, 0.5) is 4.79 Å². The monoisotopic (exact) mass is 390 g/mol. The topological polar surface area (TPSA) is 67.4 Å². The number of carbonyl (C=O) groups excluding carboxylic acids is 2. The van der Waals surface area contributed by atoms with Gasteiger partial charge in [-0.25, -0.2) is 9.59 Å². The number of halogens is 2. The lowest BCUT2D eigenvalue weighted by atomic mass is 9.92. The quantitative estimate of drug-likeness (QED) is 0.763. The number of hydrogen-bond donors (Lipinski definition) is 2. The van der Waals surface area contributed by atoms with Crippen LogP contribution in [0.5, 0.6) is 0 Å². The normalized spacial score (nSPS) is 16.7. The van der Waals surface area contributed by atoms with Crippen LogP contribution in [0.3, 0.4) is 0 Å². The number of ether oxygens (including phenoxy) is 1. The highest BCUT2D eigenvalue weighted by atomic mass is 35.5. The smallest absolute Gasteiger partial charge is 0.338 e. The molecule has 0 fully saturated rings. The first-order valence-electron chi connectivity index (χ1n) is 8.00. The first kappa shape index (κ1) is 18.3. The fourth-order valence-corrected chi connectivity index (χ4v) is 3.07. The van der Waals surface area contributed by atoms with E-state index in [4.69, 9.17) is 27.9 Å². The van der Waals surface area contributed by atoms with E-state index in [-0.39, 0.29) is 6.61 Å². The van der Waals surface area contributed by atoms with Gasteiger partial charge in [0, 0.05) is 0 Å². The number of urea groups is 1. The molecule has 134 valence electrons. The molecule has 0 radical (unpaired) electrons. The summed E-state index contributed by atoms with van der Waals surface area (Å²) in [6.07, 6.45) is 0. The molecule has 1 heterocycles. The predicted octanol–water partition coefficient (Wildman–Crippen LogP) is 4.32. The van der Waals surface area contributed by atoms with Gasteiger partial charge in [-0.1, -0.05) is 59.6 Å². The van der Waals surface area contributed by atoms with E-state index in [2.05, 4.69) is 10.6 Å². The number of benzene rings is 2. The summed E-state index contributed by atoms with van der Waals surface area (Å²) in [6.45, 7) is 1.94. The van der Waals surface area contributed by atoms with Gasteiger partial charge >= 0.3 is 12.0 Å². The second kappa shape index (κ2) is 7.81. The maximum Gasteiger partial charge on any atom is 0.338 e. The van der Waals surface area contributed by atoms with Crippen molar-refractivity contribution < 1.29 is 14.3 Å². The van der Waals surface area contributed by atoms with Gasteiger partial charge in [0.15, 0.2) is 0 Å². The first-order valence-corrected chi connectivity index (χ1v) is 8.76. The van der Waals surface area contributed by atoms with Crippen molar-refractivity contribution in [2.24, 2.45) is 0 Å². The van der Waals surface area contributed by atoms with Crippen LogP contribution in [-0.4, -0.2) is 18.6 Å². The molecular weight excluding hydrogens is 375 g/mol. The Morgan fingerprint density at radius 3 is 2.50 bits per heavy atom. The van der Waals surface area contributed by atoms with Crippen molar-refractivity contribution in [1.29, 1.82) is 0 Å². The maximum atomic E-state index is 12.7. The number of hydrogen-bond acceptors (Lipinski definition) is 3. The van der Waals surface area contributed by atoms with E-state index in [9.17, 15) is 9.59 Å². The van der Waals surface area contributed by atoms with Gasteiger partial charge in [-0.2, -0.15) is 0 Å². The van der Waals surface area contributed by atoms with E-state index in [1.54, 1.807) is 25.1 Å². The Kier molecular flexibility index (Phi) is 5.49. The Balaban J connectivity index is 2.18.